The zero-order chi connectivity index (χ0) is 24.4. The van der Waals surface area contributed by atoms with E-state index in [4.69, 9.17) is 0 Å². The number of hydrogen-bond donors (Lipinski definition) is 0. The number of halogens is 1. The van der Waals surface area contributed by atoms with Crippen molar-refractivity contribution in [2.24, 2.45) is 0 Å². The van der Waals surface area contributed by atoms with Crippen molar-refractivity contribution >= 4 is 28.1 Å². The minimum Gasteiger partial charge on any atom is -0.0622 e. The number of benzene rings is 5. The average molecular weight is 525 g/mol. The molecule has 0 N–H and O–H groups in total. The van der Waals surface area contributed by atoms with Crippen LogP contribution in [0.5, 0.6) is 0 Å². The molecular weight excluding hydrogens is 500 g/mol. The molecule has 0 spiro atoms. The first-order chi connectivity index (χ1) is 17.5. The lowest BCUT2D eigenvalue weighted by molar-refractivity contribution is 0.629. The molecule has 0 radical (unpaired) electrons. The predicted molar refractivity (Wildman–Crippen MR) is 154 cm³/mol. The molecule has 0 nitrogen and oxygen atoms in total. The van der Waals surface area contributed by atoms with Gasteiger partial charge in [-0.3, -0.25) is 0 Å². The topological polar surface area (TPSA) is 0 Å². The molecule has 172 valence electrons. The van der Waals surface area contributed by atoms with Crippen molar-refractivity contribution in [2.75, 3.05) is 0 Å². The number of fused-ring (bicyclic) bond motifs is 4. The summed E-state index contributed by atoms with van der Waals surface area (Å²) in [5.74, 6) is 0. The Hall–Kier alpha value is -3.68. The van der Waals surface area contributed by atoms with Crippen LogP contribution in [-0.4, -0.2) is 0 Å². The van der Waals surface area contributed by atoms with Gasteiger partial charge in [-0.2, -0.15) is 0 Å². The average Bonchev–Trinajstić information content (AvgIpc) is 3.28. The molecule has 0 aliphatic heterocycles. The van der Waals surface area contributed by atoms with Crippen molar-refractivity contribution in [3.05, 3.63) is 151 Å². The number of hydrogen-bond acceptors (Lipinski definition) is 0. The van der Waals surface area contributed by atoms with Crippen LogP contribution in [0.2, 0.25) is 0 Å². The molecule has 0 saturated heterocycles. The molecule has 0 aromatic heterocycles. The van der Waals surface area contributed by atoms with E-state index in [1.807, 2.05) is 0 Å². The van der Waals surface area contributed by atoms with E-state index in [1.165, 1.54) is 65.4 Å². The van der Waals surface area contributed by atoms with Gasteiger partial charge in [-0.1, -0.05) is 121 Å². The Kier molecular flexibility index (Phi) is 4.75. The standard InChI is InChI=1S/C35H25Br/c1-35(2)30-17-10-18-32(36)28(30)20-29-31(35)21-27-26(33(29)23-13-7-4-8-14-23)19-24-15-9-16-25(34(24)27)22-11-5-3-6-12-22/h3-21H,1-2H3. The highest BCUT2D eigenvalue weighted by Crippen LogP contribution is 2.40. The second kappa shape index (κ2) is 7.91. The van der Waals surface area contributed by atoms with Crippen LogP contribution in [-0.2, 0) is 5.41 Å². The molecule has 2 aliphatic carbocycles. The van der Waals surface area contributed by atoms with Gasteiger partial charge < -0.3 is 0 Å². The van der Waals surface area contributed by atoms with Gasteiger partial charge in [-0.25, -0.2) is 0 Å². The van der Waals surface area contributed by atoms with Gasteiger partial charge in [0.2, 0.25) is 0 Å². The molecule has 36 heavy (non-hydrogen) atoms. The maximum absolute atomic E-state index is 3.85. The van der Waals surface area contributed by atoms with Crippen LogP contribution in [0.1, 0.15) is 36.1 Å². The van der Waals surface area contributed by atoms with E-state index in [2.05, 4.69) is 145 Å². The van der Waals surface area contributed by atoms with Gasteiger partial charge in [0.25, 0.3) is 0 Å². The lowest BCUT2D eigenvalue weighted by Gasteiger charge is -2.33. The maximum Gasteiger partial charge on any atom is 0.0251 e. The normalized spacial score (nSPS) is 14.1. The highest BCUT2D eigenvalue weighted by atomic mass is 79.9. The van der Waals surface area contributed by atoms with Crippen molar-refractivity contribution in [2.45, 2.75) is 19.3 Å². The summed E-state index contributed by atoms with van der Waals surface area (Å²) in [4.78, 5) is 0. The van der Waals surface area contributed by atoms with Crippen LogP contribution >= 0.6 is 15.9 Å². The third-order valence-corrected chi connectivity index (χ3v) is 8.60. The summed E-state index contributed by atoms with van der Waals surface area (Å²) < 4.78 is 1.15. The van der Waals surface area contributed by atoms with Crippen LogP contribution in [0, 0.1) is 10.4 Å². The van der Waals surface area contributed by atoms with E-state index < -0.39 is 0 Å². The van der Waals surface area contributed by atoms with Crippen LogP contribution in [0.4, 0.5) is 0 Å². The van der Waals surface area contributed by atoms with E-state index in [-0.39, 0.29) is 5.41 Å². The lowest BCUT2D eigenvalue weighted by atomic mass is 9.70. The van der Waals surface area contributed by atoms with Crippen molar-refractivity contribution < 1.29 is 0 Å². The van der Waals surface area contributed by atoms with Gasteiger partial charge in [0.15, 0.2) is 0 Å². The lowest BCUT2D eigenvalue weighted by Crippen LogP contribution is -2.33. The summed E-state index contributed by atoms with van der Waals surface area (Å²) >= 11 is 3.85. The molecule has 0 fully saturated rings. The molecular formula is C35H25Br. The first kappa shape index (κ1) is 21.6. The third kappa shape index (κ3) is 3.06. The van der Waals surface area contributed by atoms with E-state index >= 15 is 0 Å². The Labute approximate surface area is 219 Å². The fourth-order valence-electron chi connectivity index (χ4n) is 6.18. The Morgan fingerprint density at radius 1 is 0.611 bits per heavy atom. The van der Waals surface area contributed by atoms with Gasteiger partial charge in [-0.05, 0) is 89.7 Å². The fraction of sp³-hybridized carbons (Fsp3) is 0.0857. The molecule has 0 atom stereocenters. The first-order valence-electron chi connectivity index (χ1n) is 12.5. The van der Waals surface area contributed by atoms with Gasteiger partial charge in [0.1, 0.15) is 0 Å². The minimum atomic E-state index is -0.133. The Bertz CT molecular complexity index is 1900. The van der Waals surface area contributed by atoms with Gasteiger partial charge in [0.05, 0.1) is 0 Å². The summed E-state index contributed by atoms with van der Waals surface area (Å²) in [5.41, 5.74) is 10.4. The summed E-state index contributed by atoms with van der Waals surface area (Å²) in [5, 5.41) is 5.30. The summed E-state index contributed by atoms with van der Waals surface area (Å²) in [6.07, 6.45) is 4.80. The highest BCUT2D eigenvalue weighted by molar-refractivity contribution is 9.10. The molecule has 5 aromatic carbocycles. The van der Waals surface area contributed by atoms with Crippen LogP contribution in [0.25, 0.3) is 34.4 Å². The predicted octanol–water partition coefficient (Wildman–Crippen LogP) is 7.68. The smallest absolute Gasteiger partial charge is 0.0251 e. The monoisotopic (exact) mass is 524 g/mol. The van der Waals surface area contributed by atoms with Crippen molar-refractivity contribution in [1.82, 2.24) is 0 Å². The van der Waals surface area contributed by atoms with Gasteiger partial charge in [0, 0.05) is 9.89 Å². The zero-order valence-electron chi connectivity index (χ0n) is 20.3. The molecule has 0 amide bonds. The van der Waals surface area contributed by atoms with Crippen molar-refractivity contribution in [1.29, 1.82) is 0 Å². The van der Waals surface area contributed by atoms with Crippen LogP contribution in [0.15, 0.2) is 108 Å². The molecule has 1 heteroatoms. The summed E-state index contributed by atoms with van der Waals surface area (Å²) in [6, 6.07) is 37.5. The Morgan fingerprint density at radius 2 is 1.31 bits per heavy atom. The fourth-order valence-corrected chi connectivity index (χ4v) is 6.66. The minimum absolute atomic E-state index is 0.133. The van der Waals surface area contributed by atoms with E-state index in [0.717, 1.165) is 4.47 Å². The molecule has 0 saturated carbocycles. The third-order valence-electron chi connectivity index (χ3n) is 7.91. The molecule has 0 bridgehead atoms. The van der Waals surface area contributed by atoms with Crippen LogP contribution < -0.4 is 10.4 Å². The second-order valence-electron chi connectivity index (χ2n) is 10.3. The first-order valence-corrected chi connectivity index (χ1v) is 13.3. The van der Waals surface area contributed by atoms with Gasteiger partial charge >= 0.3 is 0 Å². The Balaban J connectivity index is 1.72. The molecule has 5 aromatic rings. The molecule has 2 aliphatic rings. The quantitative estimate of drug-likeness (QED) is 0.218. The maximum atomic E-state index is 3.85. The van der Waals surface area contributed by atoms with Crippen molar-refractivity contribution in [3.8, 4) is 22.3 Å². The van der Waals surface area contributed by atoms with Crippen molar-refractivity contribution in [3.63, 3.8) is 0 Å². The van der Waals surface area contributed by atoms with E-state index in [9.17, 15) is 0 Å². The Morgan fingerprint density at radius 3 is 2.06 bits per heavy atom. The molecule has 7 rings (SSSR count). The molecule has 0 unspecified atom stereocenters. The van der Waals surface area contributed by atoms with Crippen LogP contribution in [0.3, 0.4) is 0 Å². The zero-order valence-corrected chi connectivity index (χ0v) is 21.9. The largest absolute Gasteiger partial charge is 0.0622 e. The highest BCUT2D eigenvalue weighted by Gasteiger charge is 2.32. The SMILES string of the molecule is CC1(C)c2cccc(Br)c2C=c2c1cc1c(c2-c2ccccc2)C=c2cccc(-c3ccccc3)c2=1. The second-order valence-corrected chi connectivity index (χ2v) is 11.1. The van der Waals surface area contributed by atoms with Gasteiger partial charge in [-0.15, -0.1) is 0 Å². The van der Waals surface area contributed by atoms with E-state index in [0.29, 0.717) is 0 Å². The molecule has 0 heterocycles. The summed E-state index contributed by atoms with van der Waals surface area (Å²) in [7, 11) is 0. The number of rotatable bonds is 2. The summed E-state index contributed by atoms with van der Waals surface area (Å²) in [6.45, 7) is 4.74. The van der Waals surface area contributed by atoms with E-state index in [1.54, 1.807) is 0 Å².